The number of carbonyl (C=O) groups is 2. The maximum absolute atomic E-state index is 14.0. The van der Waals surface area contributed by atoms with E-state index in [1.54, 1.807) is 45.0 Å². The molecule has 0 saturated carbocycles. The molecular formula is C27H26Cl2N6O3. The van der Waals surface area contributed by atoms with Crippen molar-refractivity contribution in [2.24, 2.45) is 0 Å². The van der Waals surface area contributed by atoms with Gasteiger partial charge in [-0.05, 0) is 29.7 Å². The number of benzene rings is 1. The number of methoxy groups -OCH3 is 1. The number of hydrogen-bond acceptors (Lipinski definition) is 7. The number of ketones is 1. The molecule has 1 amide bonds. The van der Waals surface area contributed by atoms with Crippen LogP contribution in [0.5, 0.6) is 5.88 Å². The fourth-order valence-electron chi connectivity index (χ4n) is 4.79. The summed E-state index contributed by atoms with van der Waals surface area (Å²) in [7, 11) is 5.22. The molecule has 38 heavy (non-hydrogen) atoms. The predicted octanol–water partition coefficient (Wildman–Crippen LogP) is 5.04. The molecule has 5 rings (SSSR count). The molecule has 2 aromatic heterocycles. The van der Waals surface area contributed by atoms with E-state index in [1.165, 1.54) is 7.11 Å². The second kappa shape index (κ2) is 9.89. The average molecular weight is 553 g/mol. The van der Waals surface area contributed by atoms with E-state index in [0.29, 0.717) is 33.9 Å². The highest BCUT2D eigenvalue weighted by Gasteiger charge is 2.46. The third-order valence-electron chi connectivity index (χ3n) is 6.51. The number of ether oxygens (including phenoxy) is 1. The van der Waals surface area contributed by atoms with Crippen LogP contribution in [0, 0.1) is 0 Å². The van der Waals surface area contributed by atoms with Gasteiger partial charge in [-0.3, -0.25) is 14.5 Å². The molecule has 1 atom stereocenters. The van der Waals surface area contributed by atoms with Crippen molar-refractivity contribution in [3.8, 4) is 11.6 Å². The van der Waals surface area contributed by atoms with Crippen LogP contribution in [0.1, 0.15) is 59.5 Å². The van der Waals surface area contributed by atoms with Crippen LogP contribution in [-0.2, 0) is 4.79 Å². The molecule has 0 radical (unpaired) electrons. The lowest BCUT2D eigenvalue weighted by atomic mass is 9.94. The third-order valence-corrected chi connectivity index (χ3v) is 7.08. The number of nitrogens with zero attached hydrogens (tertiary/aromatic N) is 6. The molecule has 0 saturated heterocycles. The predicted molar refractivity (Wildman–Crippen MR) is 145 cm³/mol. The molecular weight excluding hydrogens is 527 g/mol. The molecule has 1 aromatic carbocycles. The normalized spacial score (nSPS) is 17.1. The molecule has 196 valence electrons. The highest BCUT2D eigenvalue weighted by atomic mass is 35.5. The third kappa shape index (κ3) is 4.25. The number of Topliss-reactive ketones (excluding diaryl/α,β-unsaturated/α-hetero) is 1. The van der Waals surface area contributed by atoms with Crippen molar-refractivity contribution in [3.63, 3.8) is 0 Å². The van der Waals surface area contributed by atoms with E-state index in [1.807, 2.05) is 40.1 Å². The van der Waals surface area contributed by atoms with Crippen molar-refractivity contribution >= 4 is 40.8 Å². The molecule has 3 aromatic rings. The van der Waals surface area contributed by atoms with E-state index in [4.69, 9.17) is 33.0 Å². The number of halogens is 2. The molecule has 11 heteroatoms. The SMILES string of the molecule is COc1nc(N(C)C)ncc1-n1nc2c(c1C(C)C)C(c1ccc(Cl)cc1)N(C1=CCC(=O)C(Cl)=C1)C2=O. The summed E-state index contributed by atoms with van der Waals surface area (Å²) in [5.41, 5.74) is 3.79. The highest BCUT2D eigenvalue weighted by molar-refractivity contribution is 6.43. The van der Waals surface area contributed by atoms with E-state index in [0.717, 1.165) is 16.8 Å². The van der Waals surface area contributed by atoms with Crippen LogP contribution in [0.15, 0.2) is 53.3 Å². The van der Waals surface area contributed by atoms with Gasteiger partial charge in [0.1, 0.15) is 5.69 Å². The molecule has 1 aliphatic heterocycles. The molecule has 9 nitrogen and oxygen atoms in total. The second-order valence-corrected chi connectivity index (χ2v) is 10.4. The second-order valence-electron chi connectivity index (χ2n) is 9.55. The van der Waals surface area contributed by atoms with E-state index < -0.39 is 6.04 Å². The quantitative estimate of drug-likeness (QED) is 0.422. The summed E-state index contributed by atoms with van der Waals surface area (Å²) in [5, 5.41) is 5.47. The van der Waals surface area contributed by atoms with E-state index in [2.05, 4.69) is 9.97 Å². The van der Waals surface area contributed by atoms with E-state index in [9.17, 15) is 9.59 Å². The van der Waals surface area contributed by atoms with Gasteiger partial charge in [-0.2, -0.15) is 10.1 Å². The Balaban J connectivity index is 1.74. The summed E-state index contributed by atoms with van der Waals surface area (Å²) < 4.78 is 7.31. The van der Waals surface area contributed by atoms with E-state index in [-0.39, 0.29) is 29.1 Å². The lowest BCUT2D eigenvalue weighted by Gasteiger charge is -2.29. The van der Waals surface area contributed by atoms with Gasteiger partial charge in [0, 0.05) is 36.8 Å². The number of hydrogen-bond donors (Lipinski definition) is 0. The Morgan fingerprint density at radius 2 is 1.84 bits per heavy atom. The summed E-state index contributed by atoms with van der Waals surface area (Å²) in [4.78, 5) is 38.5. The van der Waals surface area contributed by atoms with Gasteiger partial charge in [0.05, 0.1) is 30.1 Å². The molecule has 1 aliphatic carbocycles. The number of rotatable bonds is 6. The minimum atomic E-state index is -0.519. The standard InChI is InChI=1S/C27H26Cl2N6O3/c1-14(2)23-21-22(32-35(23)19-13-30-27(33(3)4)31-25(19)38-5)26(37)34(17-10-11-20(36)18(29)12-17)24(21)15-6-8-16(28)9-7-15/h6-10,12-14,24H,11H2,1-5H3. The van der Waals surface area contributed by atoms with Crippen LogP contribution >= 0.6 is 23.2 Å². The molecule has 2 aliphatic rings. The highest BCUT2D eigenvalue weighted by Crippen LogP contribution is 2.46. The summed E-state index contributed by atoms with van der Waals surface area (Å²) in [6, 6.07) is 6.83. The summed E-state index contributed by atoms with van der Waals surface area (Å²) in [5.74, 6) is 0.298. The van der Waals surface area contributed by atoms with Crippen molar-refractivity contribution in [1.82, 2.24) is 24.6 Å². The number of anilines is 1. The van der Waals surface area contributed by atoms with Crippen LogP contribution in [-0.4, -0.2) is 57.5 Å². The first-order valence-electron chi connectivity index (χ1n) is 12.0. The largest absolute Gasteiger partial charge is 0.479 e. The first kappa shape index (κ1) is 25.9. The van der Waals surface area contributed by atoms with Crippen LogP contribution in [0.2, 0.25) is 5.02 Å². The molecule has 0 fully saturated rings. The molecule has 3 heterocycles. The monoisotopic (exact) mass is 552 g/mol. The zero-order valence-corrected chi connectivity index (χ0v) is 23.1. The van der Waals surface area contributed by atoms with Crippen molar-refractivity contribution in [3.05, 3.63) is 80.9 Å². The van der Waals surface area contributed by atoms with Crippen molar-refractivity contribution in [2.75, 3.05) is 26.1 Å². The molecule has 0 spiro atoms. The van der Waals surface area contributed by atoms with Gasteiger partial charge in [-0.25, -0.2) is 9.67 Å². The van der Waals surface area contributed by atoms with Crippen molar-refractivity contribution in [1.29, 1.82) is 0 Å². The fourth-order valence-corrected chi connectivity index (χ4v) is 5.11. The van der Waals surface area contributed by atoms with Crippen LogP contribution in [0.25, 0.3) is 5.69 Å². The maximum Gasteiger partial charge on any atom is 0.280 e. The Morgan fingerprint density at radius 1 is 1.13 bits per heavy atom. The topological polar surface area (TPSA) is 93.4 Å². The summed E-state index contributed by atoms with van der Waals surface area (Å²) in [6.45, 7) is 4.08. The number of fused-ring (bicyclic) bond motifs is 1. The Kier molecular flexibility index (Phi) is 6.75. The lowest BCUT2D eigenvalue weighted by Crippen LogP contribution is -2.30. The lowest BCUT2D eigenvalue weighted by molar-refractivity contribution is -0.114. The number of allylic oxidation sites excluding steroid dienone is 3. The average Bonchev–Trinajstić information content (AvgIpc) is 3.41. The number of carbonyl (C=O) groups excluding carboxylic acids is 2. The van der Waals surface area contributed by atoms with Crippen LogP contribution < -0.4 is 9.64 Å². The molecule has 0 N–H and O–H groups in total. The first-order chi connectivity index (χ1) is 18.1. The van der Waals surface area contributed by atoms with Crippen LogP contribution in [0.4, 0.5) is 5.95 Å². The van der Waals surface area contributed by atoms with E-state index >= 15 is 0 Å². The van der Waals surface area contributed by atoms with Crippen LogP contribution in [0.3, 0.4) is 0 Å². The fraction of sp³-hybridized carbons (Fsp3) is 0.296. The Morgan fingerprint density at radius 3 is 2.45 bits per heavy atom. The number of aromatic nitrogens is 4. The Bertz CT molecular complexity index is 1510. The van der Waals surface area contributed by atoms with Gasteiger partial charge in [-0.1, -0.05) is 55.3 Å². The minimum absolute atomic E-state index is 0.0342. The minimum Gasteiger partial charge on any atom is -0.479 e. The number of amides is 1. The van der Waals surface area contributed by atoms with Gasteiger partial charge in [0.15, 0.2) is 11.5 Å². The molecule has 1 unspecified atom stereocenters. The Hall–Kier alpha value is -3.69. The van der Waals surface area contributed by atoms with Gasteiger partial charge in [-0.15, -0.1) is 0 Å². The van der Waals surface area contributed by atoms with Gasteiger partial charge >= 0.3 is 0 Å². The summed E-state index contributed by atoms with van der Waals surface area (Å²) in [6.07, 6.45) is 5.02. The molecule has 0 bridgehead atoms. The summed E-state index contributed by atoms with van der Waals surface area (Å²) >= 11 is 12.4. The van der Waals surface area contributed by atoms with Gasteiger partial charge in [0.25, 0.3) is 5.91 Å². The first-order valence-corrected chi connectivity index (χ1v) is 12.8. The Labute approximate surface area is 230 Å². The smallest absolute Gasteiger partial charge is 0.280 e. The van der Waals surface area contributed by atoms with Crippen molar-refractivity contribution < 1.29 is 14.3 Å². The zero-order valence-electron chi connectivity index (χ0n) is 21.6. The van der Waals surface area contributed by atoms with Crippen molar-refractivity contribution in [2.45, 2.75) is 32.2 Å². The maximum atomic E-state index is 14.0. The zero-order chi connectivity index (χ0) is 27.3. The van der Waals surface area contributed by atoms with Gasteiger partial charge < -0.3 is 9.64 Å². The van der Waals surface area contributed by atoms with Gasteiger partial charge in [0.2, 0.25) is 11.8 Å².